The Bertz CT molecular complexity index is 348. The van der Waals surface area contributed by atoms with Crippen LogP contribution < -0.4 is 11.1 Å². The molecule has 0 spiro atoms. The van der Waals surface area contributed by atoms with Gasteiger partial charge < -0.3 is 11.1 Å². The van der Waals surface area contributed by atoms with E-state index < -0.39 is 0 Å². The smallest absolute Gasteiger partial charge is 0.0694 e. The van der Waals surface area contributed by atoms with E-state index in [1.165, 1.54) is 0 Å². The summed E-state index contributed by atoms with van der Waals surface area (Å²) in [4.78, 5) is 0. The molecule has 0 fully saturated rings. The van der Waals surface area contributed by atoms with Crippen LogP contribution in [0.1, 0.15) is 6.42 Å². The molecule has 0 unspecified atom stereocenters. The molecule has 0 saturated heterocycles. The van der Waals surface area contributed by atoms with E-state index in [0.717, 1.165) is 5.69 Å². The molecule has 3 N–H and O–H groups in total. The maximum atomic E-state index is 8.34. The zero-order chi connectivity index (χ0) is 10.6. The first-order chi connectivity index (χ1) is 6.65. The number of nitrogens with zero attached hydrogens (tertiary/aromatic N) is 1. The zero-order valence-electron chi connectivity index (χ0n) is 7.35. The van der Waals surface area contributed by atoms with Gasteiger partial charge in [-0.3, -0.25) is 0 Å². The van der Waals surface area contributed by atoms with Gasteiger partial charge >= 0.3 is 0 Å². The van der Waals surface area contributed by atoms with Gasteiger partial charge in [-0.25, -0.2) is 0 Å². The van der Waals surface area contributed by atoms with E-state index in [1.807, 2.05) is 6.07 Å². The Balaban J connectivity index is 2.75. The van der Waals surface area contributed by atoms with E-state index in [1.54, 1.807) is 12.1 Å². The third kappa shape index (κ3) is 2.69. The Morgan fingerprint density at radius 3 is 2.43 bits per heavy atom. The van der Waals surface area contributed by atoms with Crippen molar-refractivity contribution in [3.05, 3.63) is 22.2 Å². The van der Waals surface area contributed by atoms with Crippen molar-refractivity contribution in [1.29, 1.82) is 5.26 Å². The summed E-state index contributed by atoms with van der Waals surface area (Å²) >= 11 is 11.6. The molecular formula is C9H9Cl2N3. The largest absolute Gasteiger partial charge is 0.396 e. The molecule has 1 aromatic rings. The number of nitrogen functional groups attached to an aromatic ring is 1. The van der Waals surface area contributed by atoms with Gasteiger partial charge in [0.15, 0.2) is 0 Å². The normalized spacial score (nSPS) is 9.50. The van der Waals surface area contributed by atoms with Gasteiger partial charge in [-0.2, -0.15) is 5.26 Å². The molecule has 1 rings (SSSR count). The fourth-order valence-corrected chi connectivity index (χ4v) is 1.44. The van der Waals surface area contributed by atoms with Crippen molar-refractivity contribution in [3.8, 4) is 6.07 Å². The van der Waals surface area contributed by atoms with Crippen molar-refractivity contribution in [1.82, 2.24) is 0 Å². The van der Waals surface area contributed by atoms with Gasteiger partial charge in [0.05, 0.1) is 28.2 Å². The summed E-state index contributed by atoms with van der Waals surface area (Å²) in [6, 6.07) is 5.39. The number of benzene rings is 1. The molecule has 0 aliphatic rings. The molecule has 14 heavy (non-hydrogen) atoms. The number of halogens is 2. The predicted octanol–water partition coefficient (Wildman–Crippen LogP) is 2.90. The predicted molar refractivity (Wildman–Crippen MR) is 59.6 cm³/mol. The average molecular weight is 230 g/mol. The molecule has 0 amide bonds. The molecule has 0 aliphatic carbocycles. The second-order valence-corrected chi connectivity index (χ2v) is 3.50. The van der Waals surface area contributed by atoms with Crippen LogP contribution in [0.25, 0.3) is 0 Å². The molecule has 1 aromatic carbocycles. The second kappa shape index (κ2) is 4.94. The van der Waals surface area contributed by atoms with E-state index in [9.17, 15) is 0 Å². The van der Waals surface area contributed by atoms with Crippen molar-refractivity contribution in [3.63, 3.8) is 0 Å². The summed E-state index contributed by atoms with van der Waals surface area (Å²) < 4.78 is 0. The molecule has 0 heterocycles. The molecular weight excluding hydrogens is 221 g/mol. The van der Waals surface area contributed by atoms with Crippen LogP contribution in [-0.2, 0) is 0 Å². The molecule has 0 atom stereocenters. The lowest BCUT2D eigenvalue weighted by atomic mass is 10.2. The topological polar surface area (TPSA) is 61.8 Å². The van der Waals surface area contributed by atoms with Gasteiger partial charge in [-0.1, -0.05) is 23.2 Å². The van der Waals surface area contributed by atoms with Crippen molar-refractivity contribution in [2.75, 3.05) is 17.6 Å². The maximum Gasteiger partial charge on any atom is 0.0694 e. The van der Waals surface area contributed by atoms with E-state index in [-0.39, 0.29) is 0 Å². The van der Waals surface area contributed by atoms with Crippen molar-refractivity contribution in [2.24, 2.45) is 0 Å². The fraction of sp³-hybridized carbons (Fsp3) is 0.222. The number of nitrogens with two attached hydrogens (primary N) is 1. The van der Waals surface area contributed by atoms with Gasteiger partial charge in [-0.05, 0) is 12.1 Å². The van der Waals surface area contributed by atoms with Crippen LogP contribution >= 0.6 is 23.2 Å². The number of rotatable bonds is 3. The van der Waals surface area contributed by atoms with E-state index >= 15 is 0 Å². The third-order valence-corrected chi connectivity index (χ3v) is 2.27. The van der Waals surface area contributed by atoms with Crippen LogP contribution in [-0.4, -0.2) is 6.54 Å². The molecule has 0 aromatic heterocycles. The fourth-order valence-electron chi connectivity index (χ4n) is 0.949. The Morgan fingerprint density at radius 1 is 1.36 bits per heavy atom. The molecule has 74 valence electrons. The SMILES string of the molecule is N#CCCNc1cc(Cl)c(N)c(Cl)c1. The Morgan fingerprint density at radius 2 is 1.93 bits per heavy atom. The highest BCUT2D eigenvalue weighted by atomic mass is 35.5. The van der Waals surface area contributed by atoms with Crippen LogP contribution in [0.3, 0.4) is 0 Å². The Labute approximate surface area is 92.4 Å². The van der Waals surface area contributed by atoms with Gasteiger partial charge in [-0.15, -0.1) is 0 Å². The summed E-state index contributed by atoms with van der Waals surface area (Å²) in [5.74, 6) is 0. The van der Waals surface area contributed by atoms with Crippen LogP contribution in [0.2, 0.25) is 10.0 Å². The molecule has 3 nitrogen and oxygen atoms in total. The molecule has 0 aliphatic heterocycles. The minimum Gasteiger partial charge on any atom is -0.396 e. The summed E-state index contributed by atoms with van der Waals surface area (Å²) in [5, 5.41) is 12.2. The van der Waals surface area contributed by atoms with E-state index in [2.05, 4.69) is 5.32 Å². The number of anilines is 2. The Hall–Kier alpha value is -1.11. The quantitative estimate of drug-likeness (QED) is 0.619. The van der Waals surface area contributed by atoms with Gasteiger partial charge in [0.2, 0.25) is 0 Å². The van der Waals surface area contributed by atoms with Crippen molar-refractivity contribution >= 4 is 34.6 Å². The van der Waals surface area contributed by atoms with E-state index in [4.69, 9.17) is 34.2 Å². The van der Waals surface area contributed by atoms with Crippen molar-refractivity contribution in [2.45, 2.75) is 6.42 Å². The molecule has 5 heteroatoms. The highest BCUT2D eigenvalue weighted by Crippen LogP contribution is 2.30. The zero-order valence-corrected chi connectivity index (χ0v) is 8.86. The second-order valence-electron chi connectivity index (χ2n) is 2.69. The third-order valence-electron chi connectivity index (χ3n) is 1.64. The number of nitriles is 1. The van der Waals surface area contributed by atoms with Gasteiger partial charge in [0, 0.05) is 12.2 Å². The van der Waals surface area contributed by atoms with E-state index in [0.29, 0.717) is 28.7 Å². The highest BCUT2D eigenvalue weighted by Gasteiger charge is 2.03. The monoisotopic (exact) mass is 229 g/mol. The first-order valence-electron chi connectivity index (χ1n) is 4.00. The summed E-state index contributed by atoms with van der Waals surface area (Å²) in [6.07, 6.45) is 0.430. The summed E-state index contributed by atoms with van der Waals surface area (Å²) in [7, 11) is 0. The van der Waals surface area contributed by atoms with Gasteiger partial charge in [0.1, 0.15) is 0 Å². The molecule has 0 bridgehead atoms. The highest BCUT2D eigenvalue weighted by molar-refractivity contribution is 6.39. The number of hydrogen-bond donors (Lipinski definition) is 2. The number of nitrogens with one attached hydrogen (secondary N) is 1. The first kappa shape index (κ1) is 11.0. The van der Waals surface area contributed by atoms with Crippen LogP contribution in [0.15, 0.2) is 12.1 Å². The van der Waals surface area contributed by atoms with Crippen LogP contribution in [0.5, 0.6) is 0 Å². The minimum atomic E-state index is 0.374. The lowest BCUT2D eigenvalue weighted by Gasteiger charge is -2.07. The summed E-state index contributed by atoms with van der Waals surface area (Å²) in [6.45, 7) is 0.563. The minimum absolute atomic E-state index is 0.374. The Kier molecular flexibility index (Phi) is 3.87. The average Bonchev–Trinajstić information content (AvgIpc) is 2.14. The maximum absolute atomic E-state index is 8.34. The lowest BCUT2D eigenvalue weighted by Crippen LogP contribution is -2.01. The van der Waals surface area contributed by atoms with Gasteiger partial charge in [0.25, 0.3) is 0 Å². The van der Waals surface area contributed by atoms with Crippen LogP contribution in [0, 0.1) is 11.3 Å². The molecule has 0 radical (unpaired) electrons. The van der Waals surface area contributed by atoms with Crippen molar-refractivity contribution < 1.29 is 0 Å². The first-order valence-corrected chi connectivity index (χ1v) is 4.76. The lowest BCUT2D eigenvalue weighted by molar-refractivity contribution is 1.08. The standard InChI is InChI=1S/C9H9Cl2N3/c10-7-4-6(14-3-1-2-12)5-8(11)9(7)13/h4-5,14H,1,3,13H2. The summed E-state index contributed by atoms with van der Waals surface area (Å²) in [5.41, 5.74) is 6.70. The number of hydrogen-bond acceptors (Lipinski definition) is 3. The molecule has 0 saturated carbocycles. The van der Waals surface area contributed by atoms with Crippen LogP contribution in [0.4, 0.5) is 11.4 Å².